The summed E-state index contributed by atoms with van der Waals surface area (Å²) in [5.74, 6) is 0.264. The van der Waals surface area contributed by atoms with E-state index >= 15 is 0 Å². The number of nitrogens with zero attached hydrogens (tertiary/aromatic N) is 2. The van der Waals surface area contributed by atoms with E-state index in [-0.39, 0.29) is 11.8 Å². The van der Waals surface area contributed by atoms with Crippen LogP contribution in [-0.4, -0.2) is 71.9 Å². The summed E-state index contributed by atoms with van der Waals surface area (Å²) in [6.45, 7) is 4.43. The number of aromatic nitrogens is 2. The number of carbonyl (C=O) groups excluding carboxylic acids is 1. The van der Waals surface area contributed by atoms with Gasteiger partial charge in [-0.1, -0.05) is 6.08 Å². The number of urea groups is 1. The number of halogens is 1. The van der Waals surface area contributed by atoms with E-state index < -0.39 is 6.10 Å². The molecular weight excluding hydrogens is 437 g/mol. The van der Waals surface area contributed by atoms with Gasteiger partial charge in [0.15, 0.2) is 0 Å². The lowest BCUT2D eigenvalue weighted by Crippen LogP contribution is -2.44. The SMILES string of the molecule is COc1ccc(F)cc1-c1ccnc2[nH]c(C3=CCN(C(=O)NCCNCC(C)O)CC3)cc12. The standard InChI is InChI=1S/C25H30FN5O3/c1-16(32)15-27-9-10-29-25(33)31-11-6-17(7-12-31)22-14-21-19(5-8-28-24(21)30-22)20-13-18(26)3-4-23(20)34-2/h3-6,8,13-14,16,27,32H,7,9-12,15H2,1-2H3,(H,28,30)(H,29,33). The van der Waals surface area contributed by atoms with Gasteiger partial charge in [-0.2, -0.15) is 0 Å². The average molecular weight is 468 g/mol. The van der Waals surface area contributed by atoms with Gasteiger partial charge in [-0.25, -0.2) is 14.2 Å². The number of amides is 2. The molecule has 8 nitrogen and oxygen atoms in total. The van der Waals surface area contributed by atoms with Crippen LogP contribution in [0, 0.1) is 5.82 Å². The van der Waals surface area contributed by atoms with Crippen molar-refractivity contribution in [2.45, 2.75) is 19.4 Å². The molecule has 0 bridgehead atoms. The van der Waals surface area contributed by atoms with Crippen LogP contribution in [0.5, 0.6) is 5.75 Å². The highest BCUT2D eigenvalue weighted by Gasteiger charge is 2.20. The number of carbonyl (C=O) groups is 1. The monoisotopic (exact) mass is 467 g/mol. The number of nitrogens with one attached hydrogen (secondary N) is 3. The van der Waals surface area contributed by atoms with Gasteiger partial charge >= 0.3 is 6.03 Å². The second-order valence-corrected chi connectivity index (χ2v) is 8.36. The number of benzene rings is 1. The number of hydrogen-bond acceptors (Lipinski definition) is 5. The van der Waals surface area contributed by atoms with Crippen molar-refractivity contribution in [3.8, 4) is 16.9 Å². The first-order valence-electron chi connectivity index (χ1n) is 11.4. The van der Waals surface area contributed by atoms with E-state index in [1.165, 1.54) is 12.1 Å². The fourth-order valence-electron chi connectivity index (χ4n) is 4.10. The Morgan fingerprint density at radius 2 is 2.15 bits per heavy atom. The number of pyridine rings is 1. The van der Waals surface area contributed by atoms with Gasteiger partial charge in [0.2, 0.25) is 0 Å². The van der Waals surface area contributed by atoms with E-state index in [1.807, 2.05) is 18.2 Å². The first-order valence-corrected chi connectivity index (χ1v) is 11.4. The van der Waals surface area contributed by atoms with Gasteiger partial charge in [-0.3, -0.25) is 0 Å². The van der Waals surface area contributed by atoms with Crippen molar-refractivity contribution in [3.05, 3.63) is 54.1 Å². The number of fused-ring (bicyclic) bond motifs is 1. The Kier molecular flexibility index (Phi) is 7.44. The number of aromatic amines is 1. The van der Waals surface area contributed by atoms with Gasteiger partial charge < -0.3 is 30.4 Å². The Morgan fingerprint density at radius 1 is 1.29 bits per heavy atom. The Hall–Kier alpha value is -3.43. The predicted molar refractivity (Wildman–Crippen MR) is 130 cm³/mol. The van der Waals surface area contributed by atoms with Crippen LogP contribution in [0.4, 0.5) is 9.18 Å². The Morgan fingerprint density at radius 3 is 2.88 bits per heavy atom. The molecule has 0 saturated heterocycles. The maximum absolute atomic E-state index is 14.0. The van der Waals surface area contributed by atoms with Crippen LogP contribution >= 0.6 is 0 Å². The normalized spacial score (nSPS) is 14.7. The van der Waals surface area contributed by atoms with Gasteiger partial charge in [-0.15, -0.1) is 0 Å². The third kappa shape index (κ3) is 5.37. The Balaban J connectivity index is 1.46. The molecule has 4 N–H and O–H groups in total. The molecule has 0 radical (unpaired) electrons. The molecular formula is C25H30FN5O3. The Labute approximate surface area is 197 Å². The second kappa shape index (κ2) is 10.7. The van der Waals surface area contributed by atoms with Gasteiger partial charge in [-0.05, 0) is 54.8 Å². The number of aliphatic hydroxyl groups excluding tert-OH is 1. The number of hydrogen-bond donors (Lipinski definition) is 4. The minimum absolute atomic E-state index is 0.104. The number of aliphatic hydroxyl groups is 1. The van der Waals surface area contributed by atoms with Crippen LogP contribution in [0.1, 0.15) is 19.0 Å². The van der Waals surface area contributed by atoms with E-state index in [2.05, 4.69) is 20.6 Å². The molecule has 1 aliphatic rings. The highest BCUT2D eigenvalue weighted by atomic mass is 19.1. The molecule has 9 heteroatoms. The molecule has 0 fully saturated rings. The largest absolute Gasteiger partial charge is 0.496 e. The molecule has 34 heavy (non-hydrogen) atoms. The van der Waals surface area contributed by atoms with Crippen LogP contribution in [0.15, 0.2) is 42.6 Å². The summed E-state index contributed by atoms with van der Waals surface area (Å²) in [5.41, 5.74) is 4.27. The highest BCUT2D eigenvalue weighted by molar-refractivity contribution is 5.96. The van der Waals surface area contributed by atoms with Crippen molar-refractivity contribution in [1.29, 1.82) is 0 Å². The third-order valence-electron chi connectivity index (χ3n) is 5.84. The molecule has 0 spiro atoms. The predicted octanol–water partition coefficient (Wildman–Crippen LogP) is 3.15. The molecule has 3 aromatic rings. The summed E-state index contributed by atoms with van der Waals surface area (Å²) < 4.78 is 19.4. The van der Waals surface area contributed by atoms with E-state index in [1.54, 1.807) is 31.2 Å². The summed E-state index contributed by atoms with van der Waals surface area (Å²) in [5, 5.41) is 16.1. The molecule has 1 atom stereocenters. The molecule has 0 saturated carbocycles. The first kappa shape index (κ1) is 23.7. The van der Waals surface area contributed by atoms with Crippen LogP contribution in [0.2, 0.25) is 0 Å². The summed E-state index contributed by atoms with van der Waals surface area (Å²) in [6.07, 6.45) is 4.04. The zero-order chi connectivity index (χ0) is 24.1. The molecule has 1 aromatic carbocycles. The fourth-order valence-corrected chi connectivity index (χ4v) is 4.10. The number of rotatable bonds is 8. The topological polar surface area (TPSA) is 103 Å². The molecule has 2 amide bonds. The lowest BCUT2D eigenvalue weighted by atomic mass is 10.0. The van der Waals surface area contributed by atoms with Crippen molar-refractivity contribution in [1.82, 2.24) is 25.5 Å². The summed E-state index contributed by atoms with van der Waals surface area (Å²) in [6, 6.07) is 8.25. The quantitative estimate of drug-likeness (QED) is 0.381. The van der Waals surface area contributed by atoms with Gasteiger partial charge in [0.1, 0.15) is 17.2 Å². The third-order valence-corrected chi connectivity index (χ3v) is 5.84. The summed E-state index contributed by atoms with van der Waals surface area (Å²) in [7, 11) is 1.57. The van der Waals surface area contributed by atoms with E-state index in [0.29, 0.717) is 56.1 Å². The van der Waals surface area contributed by atoms with Crippen molar-refractivity contribution in [2.75, 3.05) is 39.8 Å². The lowest BCUT2D eigenvalue weighted by Gasteiger charge is -2.26. The average Bonchev–Trinajstić information content (AvgIpc) is 3.28. The highest BCUT2D eigenvalue weighted by Crippen LogP contribution is 2.36. The van der Waals surface area contributed by atoms with Crippen LogP contribution in [0.25, 0.3) is 27.7 Å². The number of ether oxygens (including phenoxy) is 1. The van der Waals surface area contributed by atoms with Gasteiger partial charge in [0, 0.05) is 55.6 Å². The lowest BCUT2D eigenvalue weighted by molar-refractivity contribution is 0.190. The fraction of sp³-hybridized carbons (Fsp3) is 0.360. The number of H-pyrrole nitrogens is 1. The molecule has 3 heterocycles. The first-order chi connectivity index (χ1) is 16.5. The van der Waals surface area contributed by atoms with Gasteiger partial charge in [0.25, 0.3) is 0 Å². The maximum Gasteiger partial charge on any atom is 0.317 e. The van der Waals surface area contributed by atoms with Crippen LogP contribution in [0.3, 0.4) is 0 Å². The van der Waals surface area contributed by atoms with E-state index in [9.17, 15) is 14.3 Å². The molecule has 1 aliphatic heterocycles. The Bertz CT molecular complexity index is 1190. The molecule has 2 aromatic heterocycles. The van der Waals surface area contributed by atoms with Crippen LogP contribution < -0.4 is 15.4 Å². The van der Waals surface area contributed by atoms with E-state index in [0.717, 1.165) is 22.2 Å². The van der Waals surface area contributed by atoms with Crippen molar-refractivity contribution >= 4 is 22.6 Å². The van der Waals surface area contributed by atoms with Gasteiger partial charge in [0.05, 0.1) is 13.2 Å². The second-order valence-electron chi connectivity index (χ2n) is 8.36. The van der Waals surface area contributed by atoms with Crippen molar-refractivity contribution in [2.24, 2.45) is 0 Å². The van der Waals surface area contributed by atoms with Crippen molar-refractivity contribution < 1.29 is 19.0 Å². The van der Waals surface area contributed by atoms with E-state index in [4.69, 9.17) is 4.74 Å². The summed E-state index contributed by atoms with van der Waals surface area (Å²) in [4.78, 5) is 22.0. The smallest absolute Gasteiger partial charge is 0.317 e. The molecule has 0 aliphatic carbocycles. The minimum atomic E-state index is -0.409. The van der Waals surface area contributed by atoms with Crippen LogP contribution in [-0.2, 0) is 0 Å². The minimum Gasteiger partial charge on any atom is -0.496 e. The maximum atomic E-state index is 14.0. The molecule has 1 unspecified atom stereocenters. The molecule has 4 rings (SSSR count). The summed E-state index contributed by atoms with van der Waals surface area (Å²) >= 11 is 0. The zero-order valence-electron chi connectivity index (χ0n) is 19.4. The zero-order valence-corrected chi connectivity index (χ0v) is 19.4. The van der Waals surface area contributed by atoms with Crippen molar-refractivity contribution in [3.63, 3.8) is 0 Å². The number of methoxy groups -OCH3 is 1. The molecule has 180 valence electrons.